The second-order valence-electron chi connectivity index (χ2n) is 8.51. The largest absolute Gasteiger partial charge is 0.408 e. The minimum atomic E-state index is -4.39. The first-order valence-corrected chi connectivity index (χ1v) is 11.3. The van der Waals surface area contributed by atoms with Gasteiger partial charge in [0.25, 0.3) is 0 Å². The first-order valence-electron chi connectivity index (χ1n) is 11.3. The Kier molecular flexibility index (Phi) is 6.31. The van der Waals surface area contributed by atoms with Gasteiger partial charge in [0.1, 0.15) is 6.54 Å². The summed E-state index contributed by atoms with van der Waals surface area (Å²) >= 11 is 0. The Labute approximate surface area is 203 Å². The number of anilines is 1. The number of halogens is 3. The molecule has 1 aliphatic heterocycles. The van der Waals surface area contributed by atoms with Crippen LogP contribution in [0.5, 0.6) is 0 Å². The molecule has 0 aliphatic carbocycles. The fraction of sp³-hybridized carbons (Fsp3) is 0.280. The number of ether oxygens (including phenoxy) is 1. The van der Waals surface area contributed by atoms with E-state index in [-0.39, 0.29) is 17.9 Å². The van der Waals surface area contributed by atoms with Crippen LogP contribution in [0, 0.1) is 0 Å². The number of pyridine rings is 1. The molecule has 0 saturated carbocycles. The van der Waals surface area contributed by atoms with Gasteiger partial charge in [0.15, 0.2) is 5.43 Å². The molecule has 8 nitrogen and oxygen atoms in total. The first kappa shape index (κ1) is 23.7. The van der Waals surface area contributed by atoms with Crippen molar-refractivity contribution in [3.05, 3.63) is 65.2 Å². The zero-order valence-electron chi connectivity index (χ0n) is 19.1. The minimum absolute atomic E-state index is 0.0512. The summed E-state index contributed by atoms with van der Waals surface area (Å²) in [5, 5.41) is 8.31. The second-order valence-corrected chi connectivity index (χ2v) is 8.51. The Bertz CT molecular complexity index is 1500. The Morgan fingerprint density at radius 1 is 1.03 bits per heavy atom. The van der Waals surface area contributed by atoms with Crippen molar-refractivity contribution in [3.8, 4) is 11.1 Å². The molecule has 186 valence electrons. The van der Waals surface area contributed by atoms with Crippen molar-refractivity contribution >= 4 is 33.3 Å². The van der Waals surface area contributed by atoms with Gasteiger partial charge in [-0.05, 0) is 29.7 Å². The second kappa shape index (κ2) is 9.57. The third kappa shape index (κ3) is 5.15. The smallest absolute Gasteiger partial charge is 0.378 e. The Morgan fingerprint density at radius 3 is 2.58 bits per heavy atom. The van der Waals surface area contributed by atoms with E-state index in [4.69, 9.17) is 4.74 Å². The number of benzene rings is 1. The summed E-state index contributed by atoms with van der Waals surface area (Å²) in [7, 11) is 0. The van der Waals surface area contributed by atoms with Crippen LogP contribution in [-0.4, -0.2) is 64.6 Å². The van der Waals surface area contributed by atoms with Crippen molar-refractivity contribution in [2.45, 2.75) is 12.7 Å². The van der Waals surface area contributed by atoms with Crippen LogP contribution in [0.3, 0.4) is 0 Å². The normalized spacial score (nSPS) is 14.4. The van der Waals surface area contributed by atoms with Crippen LogP contribution in [0.1, 0.15) is 0 Å². The Balaban J connectivity index is 1.46. The Hall–Kier alpha value is -3.99. The van der Waals surface area contributed by atoms with E-state index in [1.165, 1.54) is 18.6 Å². The number of amides is 1. The fourth-order valence-corrected chi connectivity index (χ4v) is 4.15. The molecule has 4 aromatic rings. The zero-order valence-corrected chi connectivity index (χ0v) is 19.1. The highest BCUT2D eigenvalue weighted by atomic mass is 19.4. The Morgan fingerprint density at radius 2 is 1.81 bits per heavy atom. The van der Waals surface area contributed by atoms with Gasteiger partial charge in [-0.15, -0.1) is 0 Å². The molecule has 1 fully saturated rings. The van der Waals surface area contributed by atoms with E-state index in [0.717, 1.165) is 4.68 Å². The lowest BCUT2D eigenvalue weighted by atomic mass is 10.1. The average molecular weight is 497 g/mol. The van der Waals surface area contributed by atoms with E-state index >= 15 is 0 Å². The maximum atomic E-state index is 13.5. The summed E-state index contributed by atoms with van der Waals surface area (Å²) in [6.45, 7) is 1.02. The third-order valence-electron chi connectivity index (χ3n) is 6.00. The number of morpholine rings is 1. The molecule has 1 amide bonds. The summed E-state index contributed by atoms with van der Waals surface area (Å²) < 4.78 is 44.1. The minimum Gasteiger partial charge on any atom is -0.378 e. The molecule has 1 N–H and O–H groups in total. The number of aromatic nitrogens is 3. The van der Waals surface area contributed by atoms with Crippen LogP contribution < -0.4 is 10.7 Å². The summed E-state index contributed by atoms with van der Waals surface area (Å²) in [6.07, 6.45) is -0.299. The van der Waals surface area contributed by atoms with Gasteiger partial charge >= 0.3 is 6.18 Å². The average Bonchev–Trinajstić information content (AvgIpc) is 3.27. The van der Waals surface area contributed by atoms with Crippen molar-refractivity contribution < 1.29 is 22.7 Å². The van der Waals surface area contributed by atoms with Gasteiger partial charge in [0, 0.05) is 53.1 Å². The highest BCUT2D eigenvalue weighted by Gasteiger charge is 2.28. The third-order valence-corrected chi connectivity index (χ3v) is 6.00. The molecular weight excluding hydrogens is 475 g/mol. The van der Waals surface area contributed by atoms with Gasteiger partial charge in [0.2, 0.25) is 5.91 Å². The molecule has 36 heavy (non-hydrogen) atoms. The molecule has 5 rings (SSSR count). The van der Waals surface area contributed by atoms with Crippen LogP contribution in [0.25, 0.3) is 32.8 Å². The number of fused-ring (bicyclic) bond motifs is 2. The number of nitrogens with one attached hydrogen (secondary N) is 1. The van der Waals surface area contributed by atoms with Crippen molar-refractivity contribution in [1.29, 1.82) is 0 Å². The highest BCUT2D eigenvalue weighted by molar-refractivity contribution is 5.94. The first-order chi connectivity index (χ1) is 17.3. The van der Waals surface area contributed by atoms with Crippen molar-refractivity contribution in [1.82, 2.24) is 19.7 Å². The standard InChI is InChI=1S/C25H22F3N5O3/c26-25(27,28)15-33-14-18(12-31-33)17-9-21-22(30-11-17)4-2-16-1-3-19(10-20(16)24(21)35)29-13-23(34)32-5-7-36-8-6-32/h1-4,9-12,14,29H,5-8,13,15H2. The molecule has 0 radical (unpaired) electrons. The van der Waals surface area contributed by atoms with Gasteiger partial charge < -0.3 is 15.0 Å². The molecule has 1 aliphatic rings. The van der Waals surface area contributed by atoms with Crippen molar-refractivity contribution in [3.63, 3.8) is 0 Å². The topological polar surface area (TPSA) is 89.3 Å². The van der Waals surface area contributed by atoms with Crippen LogP contribution in [0.15, 0.2) is 59.8 Å². The number of carbonyl (C=O) groups is 1. The predicted octanol–water partition coefficient (Wildman–Crippen LogP) is 3.44. The molecule has 2 aromatic carbocycles. The zero-order chi connectivity index (χ0) is 25.3. The number of hydrogen-bond acceptors (Lipinski definition) is 6. The summed E-state index contributed by atoms with van der Waals surface area (Å²) in [5.74, 6) is -0.0512. The molecule has 0 spiro atoms. The van der Waals surface area contributed by atoms with E-state index in [1.807, 2.05) is 0 Å². The predicted molar refractivity (Wildman–Crippen MR) is 129 cm³/mol. The van der Waals surface area contributed by atoms with Crippen molar-refractivity contribution in [2.75, 3.05) is 38.2 Å². The molecular formula is C25H22F3N5O3. The van der Waals surface area contributed by atoms with Crippen LogP contribution in [0.2, 0.25) is 0 Å². The molecule has 0 atom stereocenters. The monoisotopic (exact) mass is 497 g/mol. The maximum absolute atomic E-state index is 13.5. The lowest BCUT2D eigenvalue weighted by Crippen LogP contribution is -2.43. The SMILES string of the molecule is O=C(CNc1ccc2ccc3ncc(-c4cnn(CC(F)(F)F)c4)cc3c(=O)c2c1)N1CCOCC1. The summed E-state index contributed by atoms with van der Waals surface area (Å²) in [5.41, 5.74) is 1.72. The van der Waals surface area contributed by atoms with E-state index in [0.29, 0.717) is 64.8 Å². The molecule has 11 heteroatoms. The number of hydrogen-bond donors (Lipinski definition) is 1. The number of nitrogens with zero attached hydrogens (tertiary/aromatic N) is 4. The van der Waals surface area contributed by atoms with Crippen LogP contribution in [0.4, 0.5) is 18.9 Å². The van der Waals surface area contributed by atoms with Gasteiger partial charge in [-0.25, -0.2) is 0 Å². The summed E-state index contributed by atoms with van der Waals surface area (Å²) in [4.78, 5) is 32.0. The highest BCUT2D eigenvalue weighted by Crippen LogP contribution is 2.24. The summed E-state index contributed by atoms with van der Waals surface area (Å²) in [6, 6.07) is 10.4. The van der Waals surface area contributed by atoms with Gasteiger partial charge in [-0.2, -0.15) is 18.3 Å². The molecule has 0 bridgehead atoms. The number of carbonyl (C=O) groups excluding carboxylic acids is 1. The van der Waals surface area contributed by atoms with E-state index in [1.54, 1.807) is 41.3 Å². The van der Waals surface area contributed by atoms with Gasteiger partial charge in [0.05, 0.1) is 31.5 Å². The molecule has 3 heterocycles. The van der Waals surface area contributed by atoms with Crippen LogP contribution in [-0.2, 0) is 16.1 Å². The van der Waals surface area contributed by atoms with Crippen LogP contribution >= 0.6 is 0 Å². The van der Waals surface area contributed by atoms with E-state index < -0.39 is 12.7 Å². The van der Waals surface area contributed by atoms with Gasteiger partial charge in [-0.3, -0.25) is 19.3 Å². The van der Waals surface area contributed by atoms with Crippen molar-refractivity contribution in [2.24, 2.45) is 0 Å². The molecule has 2 aromatic heterocycles. The number of rotatable bonds is 5. The molecule has 1 saturated heterocycles. The molecule has 0 unspecified atom stereocenters. The van der Waals surface area contributed by atoms with E-state index in [9.17, 15) is 22.8 Å². The lowest BCUT2D eigenvalue weighted by Gasteiger charge is -2.27. The van der Waals surface area contributed by atoms with Gasteiger partial charge in [-0.1, -0.05) is 12.1 Å². The quantitative estimate of drug-likeness (QED) is 0.455. The maximum Gasteiger partial charge on any atom is 0.408 e. The lowest BCUT2D eigenvalue weighted by molar-refractivity contribution is -0.142. The fourth-order valence-electron chi connectivity index (χ4n) is 4.15. The van der Waals surface area contributed by atoms with E-state index in [2.05, 4.69) is 15.4 Å². The number of alkyl halides is 3.